The first-order valence-electron chi connectivity index (χ1n) is 6.78. The lowest BCUT2D eigenvalue weighted by molar-refractivity contribution is -0.385. The van der Waals surface area contributed by atoms with E-state index in [9.17, 15) is 24.1 Å². The number of nitro benzene ring substituents is 1. The first kappa shape index (κ1) is 17.1. The standard InChI is InChI=1S/C16H13FN2O5/c1-9-4-3-5-11(14(9)19(22)23)15(20)18-10-6-7-13(17)12(8-10)16(21)24-2/h3-8H,1-2H3,(H,18,20). The van der Waals surface area contributed by atoms with Gasteiger partial charge in [0.2, 0.25) is 0 Å². The minimum atomic E-state index is -0.898. The van der Waals surface area contributed by atoms with Gasteiger partial charge in [0.1, 0.15) is 11.4 Å². The van der Waals surface area contributed by atoms with E-state index in [-0.39, 0.29) is 22.5 Å². The number of esters is 1. The maximum absolute atomic E-state index is 13.6. The first-order chi connectivity index (χ1) is 11.3. The number of carbonyl (C=O) groups is 2. The van der Waals surface area contributed by atoms with Crippen LogP contribution in [-0.4, -0.2) is 23.9 Å². The number of carbonyl (C=O) groups excluding carboxylic acids is 2. The minimum Gasteiger partial charge on any atom is -0.465 e. The molecule has 0 saturated heterocycles. The van der Waals surface area contributed by atoms with E-state index in [1.807, 2.05) is 0 Å². The zero-order valence-electron chi connectivity index (χ0n) is 12.8. The van der Waals surface area contributed by atoms with E-state index in [0.717, 1.165) is 19.2 Å². The second kappa shape index (κ2) is 6.86. The number of nitrogens with one attached hydrogen (secondary N) is 1. The Morgan fingerprint density at radius 1 is 1.21 bits per heavy atom. The van der Waals surface area contributed by atoms with Crippen LogP contribution in [0.3, 0.4) is 0 Å². The Labute approximate surface area is 136 Å². The molecular weight excluding hydrogens is 319 g/mol. The number of aryl methyl sites for hydroxylation is 1. The number of halogens is 1. The molecule has 2 aromatic carbocycles. The number of nitro groups is 1. The van der Waals surface area contributed by atoms with Crippen molar-refractivity contribution < 1.29 is 23.6 Å². The number of hydrogen-bond acceptors (Lipinski definition) is 5. The molecule has 7 nitrogen and oxygen atoms in total. The van der Waals surface area contributed by atoms with Gasteiger partial charge in [0.25, 0.3) is 11.6 Å². The van der Waals surface area contributed by atoms with Crippen molar-refractivity contribution in [2.45, 2.75) is 6.92 Å². The van der Waals surface area contributed by atoms with E-state index < -0.39 is 22.6 Å². The molecule has 24 heavy (non-hydrogen) atoms. The van der Waals surface area contributed by atoms with Gasteiger partial charge in [0.05, 0.1) is 17.6 Å². The fraction of sp³-hybridized carbons (Fsp3) is 0.125. The SMILES string of the molecule is COC(=O)c1cc(NC(=O)c2cccc(C)c2[N+](=O)[O-])ccc1F. The molecule has 0 aromatic heterocycles. The van der Waals surface area contributed by atoms with Crippen molar-refractivity contribution in [2.24, 2.45) is 0 Å². The highest BCUT2D eigenvalue weighted by Gasteiger charge is 2.23. The Balaban J connectivity index is 2.36. The number of rotatable bonds is 4. The van der Waals surface area contributed by atoms with Gasteiger partial charge in [-0.2, -0.15) is 0 Å². The second-order valence-electron chi connectivity index (χ2n) is 4.87. The molecule has 1 N–H and O–H groups in total. The molecule has 2 rings (SSSR count). The molecule has 0 saturated carbocycles. The summed E-state index contributed by atoms with van der Waals surface area (Å²) in [5, 5.41) is 13.6. The van der Waals surface area contributed by atoms with Crippen LogP contribution in [0.5, 0.6) is 0 Å². The summed E-state index contributed by atoms with van der Waals surface area (Å²) in [6, 6.07) is 7.67. The topological polar surface area (TPSA) is 98.5 Å². The van der Waals surface area contributed by atoms with Crippen LogP contribution in [0.2, 0.25) is 0 Å². The molecule has 0 aliphatic heterocycles. The maximum atomic E-state index is 13.6. The van der Waals surface area contributed by atoms with Gasteiger partial charge >= 0.3 is 5.97 Å². The van der Waals surface area contributed by atoms with Gasteiger partial charge in [-0.25, -0.2) is 9.18 Å². The number of para-hydroxylation sites is 1. The van der Waals surface area contributed by atoms with E-state index in [0.29, 0.717) is 5.56 Å². The van der Waals surface area contributed by atoms with Gasteiger partial charge in [-0.15, -0.1) is 0 Å². The third-order valence-corrected chi connectivity index (χ3v) is 3.29. The molecule has 0 unspecified atom stereocenters. The molecule has 0 aliphatic rings. The summed E-state index contributed by atoms with van der Waals surface area (Å²) in [6.45, 7) is 1.52. The first-order valence-corrected chi connectivity index (χ1v) is 6.78. The molecule has 2 aromatic rings. The third kappa shape index (κ3) is 3.37. The molecular formula is C16H13FN2O5. The highest BCUT2D eigenvalue weighted by Crippen LogP contribution is 2.24. The Morgan fingerprint density at radius 3 is 2.54 bits per heavy atom. The summed E-state index contributed by atoms with van der Waals surface area (Å²) in [5.74, 6) is -2.45. The molecule has 124 valence electrons. The summed E-state index contributed by atoms with van der Waals surface area (Å²) < 4.78 is 18.0. The van der Waals surface area contributed by atoms with Gasteiger partial charge < -0.3 is 10.1 Å². The monoisotopic (exact) mass is 332 g/mol. The van der Waals surface area contributed by atoms with Gasteiger partial charge in [0.15, 0.2) is 0 Å². The van der Waals surface area contributed by atoms with Crippen LogP contribution in [-0.2, 0) is 4.74 Å². The predicted molar refractivity (Wildman–Crippen MR) is 83.5 cm³/mol. The van der Waals surface area contributed by atoms with Crippen molar-refractivity contribution in [3.05, 3.63) is 69.0 Å². The number of ether oxygens (including phenoxy) is 1. The average molecular weight is 332 g/mol. The summed E-state index contributed by atoms with van der Waals surface area (Å²) in [7, 11) is 1.10. The summed E-state index contributed by atoms with van der Waals surface area (Å²) >= 11 is 0. The Morgan fingerprint density at radius 2 is 1.92 bits per heavy atom. The van der Waals surface area contributed by atoms with Crippen LogP contribution < -0.4 is 5.32 Å². The number of methoxy groups -OCH3 is 1. The molecule has 0 radical (unpaired) electrons. The number of nitrogens with zero attached hydrogens (tertiary/aromatic N) is 1. The smallest absolute Gasteiger partial charge is 0.340 e. The lowest BCUT2D eigenvalue weighted by Crippen LogP contribution is -2.15. The number of hydrogen-bond donors (Lipinski definition) is 1. The van der Waals surface area contributed by atoms with E-state index in [2.05, 4.69) is 10.1 Å². The normalized spacial score (nSPS) is 10.1. The lowest BCUT2D eigenvalue weighted by Gasteiger charge is -2.09. The molecule has 8 heteroatoms. The van der Waals surface area contributed by atoms with Crippen LogP contribution in [0.1, 0.15) is 26.3 Å². The zero-order valence-corrected chi connectivity index (χ0v) is 12.8. The Kier molecular flexibility index (Phi) is 4.88. The zero-order chi connectivity index (χ0) is 17.9. The number of amides is 1. The van der Waals surface area contributed by atoms with Gasteiger partial charge in [-0.1, -0.05) is 12.1 Å². The number of benzene rings is 2. The van der Waals surface area contributed by atoms with Crippen LogP contribution >= 0.6 is 0 Å². The van der Waals surface area contributed by atoms with Gasteiger partial charge in [-0.05, 0) is 31.2 Å². The molecule has 0 bridgehead atoms. The van der Waals surface area contributed by atoms with Crippen molar-refractivity contribution in [1.29, 1.82) is 0 Å². The summed E-state index contributed by atoms with van der Waals surface area (Å²) in [6.07, 6.45) is 0. The van der Waals surface area contributed by atoms with Crippen LogP contribution in [0.25, 0.3) is 0 Å². The Bertz CT molecular complexity index is 835. The summed E-state index contributed by atoms with van der Waals surface area (Å²) in [5.41, 5.74) is -0.358. The fourth-order valence-electron chi connectivity index (χ4n) is 2.15. The molecule has 0 heterocycles. The lowest BCUT2D eigenvalue weighted by atomic mass is 10.1. The van der Waals surface area contributed by atoms with Crippen molar-refractivity contribution in [3.63, 3.8) is 0 Å². The molecule has 0 fully saturated rings. The van der Waals surface area contributed by atoms with Crippen LogP contribution in [0.4, 0.5) is 15.8 Å². The number of anilines is 1. The van der Waals surface area contributed by atoms with Crippen molar-refractivity contribution in [2.75, 3.05) is 12.4 Å². The van der Waals surface area contributed by atoms with E-state index >= 15 is 0 Å². The molecule has 0 atom stereocenters. The Hall–Kier alpha value is -3.29. The quantitative estimate of drug-likeness (QED) is 0.527. The largest absolute Gasteiger partial charge is 0.465 e. The van der Waals surface area contributed by atoms with Crippen LogP contribution in [0.15, 0.2) is 36.4 Å². The van der Waals surface area contributed by atoms with Crippen molar-refractivity contribution in [3.8, 4) is 0 Å². The predicted octanol–water partition coefficient (Wildman–Crippen LogP) is 3.08. The van der Waals surface area contributed by atoms with E-state index in [1.165, 1.54) is 31.2 Å². The van der Waals surface area contributed by atoms with Crippen molar-refractivity contribution >= 4 is 23.3 Å². The van der Waals surface area contributed by atoms with Crippen LogP contribution in [0, 0.1) is 22.9 Å². The average Bonchev–Trinajstić information content (AvgIpc) is 2.55. The molecule has 0 spiro atoms. The van der Waals surface area contributed by atoms with Gasteiger partial charge in [0, 0.05) is 11.3 Å². The van der Waals surface area contributed by atoms with Gasteiger partial charge in [-0.3, -0.25) is 14.9 Å². The highest BCUT2D eigenvalue weighted by molar-refractivity contribution is 6.07. The summed E-state index contributed by atoms with van der Waals surface area (Å²) in [4.78, 5) is 34.3. The molecule has 0 aliphatic carbocycles. The van der Waals surface area contributed by atoms with E-state index in [1.54, 1.807) is 0 Å². The second-order valence-corrected chi connectivity index (χ2v) is 4.87. The third-order valence-electron chi connectivity index (χ3n) is 3.29. The van der Waals surface area contributed by atoms with Crippen molar-refractivity contribution in [1.82, 2.24) is 0 Å². The molecule has 1 amide bonds. The highest BCUT2D eigenvalue weighted by atomic mass is 19.1. The minimum absolute atomic E-state index is 0.109. The van der Waals surface area contributed by atoms with E-state index in [4.69, 9.17) is 0 Å². The maximum Gasteiger partial charge on any atom is 0.340 e. The fourth-order valence-corrected chi connectivity index (χ4v) is 2.15.